The molecular weight excluding hydrogens is 338 g/mol. The lowest BCUT2D eigenvalue weighted by Gasteiger charge is -2.10. The number of hydrogen-bond acceptors (Lipinski definition) is 4. The largest absolute Gasteiger partial charge is 0.383 e. The Morgan fingerprint density at radius 1 is 1.17 bits per heavy atom. The number of nitrogens with zero attached hydrogens (tertiary/aromatic N) is 1. The van der Waals surface area contributed by atoms with Gasteiger partial charge in [-0.25, -0.2) is 4.98 Å². The summed E-state index contributed by atoms with van der Waals surface area (Å²) >= 11 is 6.99. The molecule has 0 fully saturated rings. The number of thiazole rings is 1. The first-order valence-corrected chi connectivity index (χ1v) is 8.94. The van der Waals surface area contributed by atoms with Gasteiger partial charge in [-0.1, -0.05) is 24.3 Å². The van der Waals surface area contributed by atoms with Crippen molar-refractivity contribution in [1.82, 2.24) is 10.3 Å². The highest BCUT2D eigenvalue weighted by Gasteiger charge is 2.05. The number of benzene rings is 2. The van der Waals surface area contributed by atoms with Gasteiger partial charge in [0.25, 0.3) is 0 Å². The zero-order valence-electron chi connectivity index (χ0n) is 13.4. The van der Waals surface area contributed by atoms with E-state index in [2.05, 4.69) is 39.9 Å². The monoisotopic (exact) mass is 357 g/mol. The number of fused-ring (bicyclic) bond motifs is 1. The topological polar surface area (TPSA) is 46.2 Å². The van der Waals surface area contributed by atoms with E-state index >= 15 is 0 Å². The van der Waals surface area contributed by atoms with Crippen molar-refractivity contribution >= 4 is 44.6 Å². The first-order valence-electron chi connectivity index (χ1n) is 7.72. The summed E-state index contributed by atoms with van der Waals surface area (Å²) in [7, 11) is 1.67. The van der Waals surface area contributed by atoms with Crippen molar-refractivity contribution in [3.05, 3.63) is 59.1 Å². The Morgan fingerprint density at radius 3 is 2.71 bits per heavy atom. The summed E-state index contributed by atoms with van der Waals surface area (Å²) in [5.74, 6) is 0. The van der Waals surface area contributed by atoms with Crippen molar-refractivity contribution in [3.63, 3.8) is 0 Å². The number of aromatic nitrogens is 1. The Balaban J connectivity index is 1.59. The lowest BCUT2D eigenvalue weighted by Crippen LogP contribution is -2.31. The Bertz CT molecular complexity index is 782. The second kappa shape index (κ2) is 8.19. The number of rotatable bonds is 6. The highest BCUT2D eigenvalue weighted by molar-refractivity contribution is 7.80. The van der Waals surface area contributed by atoms with Crippen LogP contribution in [0.1, 0.15) is 10.6 Å². The van der Waals surface area contributed by atoms with Crippen molar-refractivity contribution < 1.29 is 4.74 Å². The fraction of sp³-hybridized carbons (Fsp3) is 0.222. The van der Waals surface area contributed by atoms with Crippen LogP contribution in [0, 0.1) is 0 Å². The van der Waals surface area contributed by atoms with Gasteiger partial charge in [0.1, 0.15) is 0 Å². The minimum atomic E-state index is 0.603. The fourth-order valence-electron chi connectivity index (χ4n) is 2.32. The lowest BCUT2D eigenvalue weighted by molar-refractivity contribution is 0.204. The molecule has 2 N–H and O–H groups in total. The Kier molecular flexibility index (Phi) is 5.74. The summed E-state index contributed by atoms with van der Waals surface area (Å²) in [6, 6.07) is 16.5. The van der Waals surface area contributed by atoms with Crippen molar-refractivity contribution in [2.45, 2.75) is 6.42 Å². The van der Waals surface area contributed by atoms with Crippen LogP contribution in [0.15, 0.2) is 48.5 Å². The van der Waals surface area contributed by atoms with E-state index < -0.39 is 0 Å². The molecule has 2 aromatic carbocycles. The average Bonchev–Trinajstić information content (AvgIpc) is 2.99. The van der Waals surface area contributed by atoms with Crippen LogP contribution in [0.4, 0.5) is 5.69 Å². The molecule has 0 unspecified atom stereocenters. The summed E-state index contributed by atoms with van der Waals surface area (Å²) in [6.45, 7) is 1.32. The highest BCUT2D eigenvalue weighted by Crippen LogP contribution is 2.24. The van der Waals surface area contributed by atoms with Crippen LogP contribution in [0.3, 0.4) is 0 Å². The second-order valence-corrected chi connectivity index (χ2v) is 6.85. The standard InChI is InChI=1S/C18H19N3OS2/c1-22-11-10-19-18(23)20-14-8-6-13(7-9-14)12-17-21-15-4-2-3-5-16(15)24-17/h2-9H,10-12H2,1H3,(H2,19,20,23). The number of ether oxygens (including phenoxy) is 1. The van der Waals surface area contributed by atoms with Crippen LogP contribution in [-0.2, 0) is 11.2 Å². The number of nitrogens with one attached hydrogen (secondary N) is 2. The number of anilines is 1. The molecule has 1 aromatic heterocycles. The second-order valence-electron chi connectivity index (χ2n) is 5.32. The molecule has 3 rings (SSSR count). The Labute approximate surface area is 150 Å². The molecule has 0 bridgehead atoms. The van der Waals surface area contributed by atoms with Gasteiger partial charge in [0.15, 0.2) is 5.11 Å². The lowest BCUT2D eigenvalue weighted by atomic mass is 10.1. The maximum Gasteiger partial charge on any atom is 0.170 e. The molecule has 0 aliphatic carbocycles. The molecule has 124 valence electrons. The molecule has 0 aliphatic heterocycles. The zero-order valence-corrected chi connectivity index (χ0v) is 15.0. The third-order valence-electron chi connectivity index (χ3n) is 3.50. The van der Waals surface area contributed by atoms with Crippen molar-refractivity contribution in [3.8, 4) is 0 Å². The average molecular weight is 358 g/mol. The maximum atomic E-state index is 5.24. The quantitative estimate of drug-likeness (QED) is 0.519. The summed E-state index contributed by atoms with van der Waals surface area (Å²) in [5.41, 5.74) is 3.28. The van der Waals surface area contributed by atoms with E-state index in [1.165, 1.54) is 10.3 Å². The van der Waals surface area contributed by atoms with Gasteiger partial charge in [0.2, 0.25) is 0 Å². The smallest absolute Gasteiger partial charge is 0.170 e. The Hall–Kier alpha value is -2.02. The van der Waals surface area contributed by atoms with Gasteiger partial charge >= 0.3 is 0 Å². The van der Waals surface area contributed by atoms with Crippen LogP contribution in [0.2, 0.25) is 0 Å². The van der Waals surface area contributed by atoms with E-state index in [1.54, 1.807) is 18.4 Å². The molecule has 3 aromatic rings. The predicted octanol–water partition coefficient (Wildman–Crippen LogP) is 3.82. The normalized spacial score (nSPS) is 10.7. The van der Waals surface area contributed by atoms with Crippen molar-refractivity contribution in [1.29, 1.82) is 0 Å². The van der Waals surface area contributed by atoms with Gasteiger partial charge in [-0.3, -0.25) is 0 Å². The molecule has 0 amide bonds. The van der Waals surface area contributed by atoms with E-state index in [4.69, 9.17) is 17.0 Å². The van der Waals surface area contributed by atoms with Crippen LogP contribution < -0.4 is 10.6 Å². The minimum absolute atomic E-state index is 0.603. The molecule has 0 spiro atoms. The molecule has 0 radical (unpaired) electrons. The maximum absolute atomic E-state index is 5.24. The van der Waals surface area contributed by atoms with Crippen LogP contribution in [0.5, 0.6) is 0 Å². The van der Waals surface area contributed by atoms with E-state index in [9.17, 15) is 0 Å². The molecule has 4 nitrogen and oxygen atoms in total. The molecular formula is C18H19N3OS2. The van der Waals surface area contributed by atoms with Crippen LogP contribution in [-0.4, -0.2) is 30.4 Å². The number of thiocarbonyl (C=S) groups is 1. The molecule has 1 heterocycles. The SMILES string of the molecule is COCCNC(=S)Nc1ccc(Cc2nc3ccccc3s2)cc1. The van der Waals surface area contributed by atoms with Gasteiger partial charge < -0.3 is 15.4 Å². The molecule has 0 saturated heterocycles. The van der Waals surface area contributed by atoms with Gasteiger partial charge in [0.05, 0.1) is 21.8 Å². The van der Waals surface area contributed by atoms with Crippen molar-refractivity contribution in [2.75, 3.05) is 25.6 Å². The minimum Gasteiger partial charge on any atom is -0.383 e. The molecule has 24 heavy (non-hydrogen) atoms. The van der Waals surface area contributed by atoms with Gasteiger partial charge in [-0.15, -0.1) is 11.3 Å². The van der Waals surface area contributed by atoms with E-state index in [1.807, 2.05) is 24.3 Å². The Morgan fingerprint density at radius 2 is 1.96 bits per heavy atom. The van der Waals surface area contributed by atoms with Gasteiger partial charge in [-0.05, 0) is 42.0 Å². The predicted molar refractivity (Wildman–Crippen MR) is 105 cm³/mol. The molecule has 6 heteroatoms. The third-order valence-corrected chi connectivity index (χ3v) is 4.78. The van der Waals surface area contributed by atoms with Crippen LogP contribution in [0.25, 0.3) is 10.2 Å². The van der Waals surface area contributed by atoms with E-state index in [0.29, 0.717) is 18.3 Å². The first-order chi connectivity index (χ1) is 11.7. The zero-order chi connectivity index (χ0) is 16.8. The number of methoxy groups -OCH3 is 1. The van der Waals surface area contributed by atoms with Crippen LogP contribution >= 0.6 is 23.6 Å². The van der Waals surface area contributed by atoms with E-state index in [-0.39, 0.29) is 0 Å². The third kappa shape index (κ3) is 4.50. The first kappa shape index (κ1) is 16.8. The summed E-state index contributed by atoms with van der Waals surface area (Å²) in [4.78, 5) is 4.68. The highest BCUT2D eigenvalue weighted by atomic mass is 32.1. The summed E-state index contributed by atoms with van der Waals surface area (Å²) in [5, 5.41) is 7.99. The summed E-state index contributed by atoms with van der Waals surface area (Å²) in [6.07, 6.45) is 0.843. The van der Waals surface area contributed by atoms with E-state index in [0.717, 1.165) is 22.6 Å². The molecule has 0 aliphatic rings. The number of para-hydroxylation sites is 1. The number of hydrogen-bond donors (Lipinski definition) is 2. The fourth-order valence-corrected chi connectivity index (χ4v) is 3.54. The molecule has 0 saturated carbocycles. The van der Waals surface area contributed by atoms with Gasteiger partial charge in [-0.2, -0.15) is 0 Å². The summed E-state index contributed by atoms with van der Waals surface area (Å²) < 4.78 is 6.22. The van der Waals surface area contributed by atoms with Gasteiger partial charge in [0, 0.05) is 25.8 Å². The molecule has 0 atom stereocenters. The van der Waals surface area contributed by atoms with Crippen molar-refractivity contribution in [2.24, 2.45) is 0 Å².